The van der Waals surface area contributed by atoms with Gasteiger partial charge < -0.3 is 9.72 Å². The summed E-state index contributed by atoms with van der Waals surface area (Å²) >= 11 is 3.16. The van der Waals surface area contributed by atoms with E-state index in [4.69, 9.17) is 4.74 Å². The Hall–Kier alpha value is -1.36. The van der Waals surface area contributed by atoms with E-state index in [1.165, 1.54) is 0 Å². The number of ether oxygens (including phenoxy) is 1. The van der Waals surface area contributed by atoms with Crippen molar-refractivity contribution in [3.05, 3.63) is 30.1 Å². The predicted molar refractivity (Wildman–Crippen MR) is 69.1 cm³/mol. The summed E-state index contributed by atoms with van der Waals surface area (Å²) in [6.07, 6.45) is 0.597. The smallest absolute Gasteiger partial charge is 0.319 e. The maximum absolute atomic E-state index is 11.2. The summed E-state index contributed by atoms with van der Waals surface area (Å²) in [6, 6.07) is 7.82. The summed E-state index contributed by atoms with van der Waals surface area (Å²) in [5, 5.41) is 0. The first kappa shape index (κ1) is 12.1. The van der Waals surface area contributed by atoms with Gasteiger partial charge >= 0.3 is 5.97 Å². The number of aromatic amines is 1. The fourth-order valence-electron chi connectivity index (χ4n) is 1.49. The van der Waals surface area contributed by atoms with Crippen molar-refractivity contribution in [1.29, 1.82) is 0 Å². The second-order valence-corrected chi connectivity index (χ2v) is 5.11. The number of nitrogens with zero attached hydrogens (tertiary/aromatic N) is 1. The molecule has 0 amide bonds. The van der Waals surface area contributed by atoms with Gasteiger partial charge in [-0.25, -0.2) is 4.98 Å². The van der Waals surface area contributed by atoms with E-state index < -0.39 is 0 Å². The Kier molecular flexibility index (Phi) is 3.78. The number of aromatic nitrogens is 2. The van der Waals surface area contributed by atoms with Gasteiger partial charge in [0.1, 0.15) is 10.7 Å². The maximum Gasteiger partial charge on any atom is 0.319 e. The molecule has 0 aliphatic heterocycles. The molecule has 1 unspecified atom stereocenters. The van der Waals surface area contributed by atoms with E-state index in [-0.39, 0.29) is 10.8 Å². The minimum atomic E-state index is -0.266. The molecule has 1 aromatic heterocycles. The largest absolute Gasteiger partial charge is 0.464 e. The molecular weight excluding hydrogens is 284 g/mol. The van der Waals surface area contributed by atoms with Gasteiger partial charge in [0.05, 0.1) is 17.6 Å². The second-order valence-electron chi connectivity index (χ2n) is 3.73. The Bertz CT molecular complexity index is 489. The van der Waals surface area contributed by atoms with Crippen LogP contribution in [0.3, 0.4) is 0 Å². The molecule has 1 aromatic carbocycles. The summed E-state index contributed by atoms with van der Waals surface area (Å²) in [4.78, 5) is 18.5. The molecule has 1 atom stereocenters. The Morgan fingerprint density at radius 1 is 1.53 bits per heavy atom. The van der Waals surface area contributed by atoms with Crippen molar-refractivity contribution in [3.63, 3.8) is 0 Å². The average Bonchev–Trinajstić information content (AvgIpc) is 2.71. The lowest BCUT2D eigenvalue weighted by atomic mass is 10.3. The number of benzene rings is 1. The fourth-order valence-corrected chi connectivity index (χ4v) is 1.62. The molecule has 17 heavy (non-hydrogen) atoms. The van der Waals surface area contributed by atoms with Crippen LogP contribution in [0.25, 0.3) is 11.0 Å². The van der Waals surface area contributed by atoms with Crippen molar-refractivity contribution in [1.82, 2.24) is 9.97 Å². The molecule has 2 aromatic rings. The number of imidazole rings is 1. The first-order valence-electron chi connectivity index (χ1n) is 5.41. The molecule has 0 aliphatic rings. The van der Waals surface area contributed by atoms with Crippen molar-refractivity contribution < 1.29 is 9.53 Å². The highest BCUT2D eigenvalue weighted by molar-refractivity contribution is 9.10. The number of hydrogen-bond acceptors (Lipinski definition) is 3. The molecule has 2 rings (SSSR count). The summed E-state index contributed by atoms with van der Waals surface area (Å²) in [5.41, 5.74) is 1.94. The molecule has 0 aliphatic carbocycles. The number of rotatable bonds is 4. The number of para-hydroxylation sites is 2. The first-order chi connectivity index (χ1) is 8.16. The number of carbonyl (C=O) groups excluding carboxylic acids is 1. The van der Waals surface area contributed by atoms with Gasteiger partial charge in [-0.15, -0.1) is 0 Å². The van der Waals surface area contributed by atoms with E-state index in [9.17, 15) is 4.79 Å². The average molecular weight is 297 g/mol. The molecule has 0 saturated carbocycles. The highest BCUT2D eigenvalue weighted by Gasteiger charge is 2.10. The zero-order chi connectivity index (χ0) is 12.3. The monoisotopic (exact) mass is 296 g/mol. The Labute approximate surface area is 108 Å². The van der Waals surface area contributed by atoms with Gasteiger partial charge in [0, 0.05) is 6.42 Å². The first-order valence-corrected chi connectivity index (χ1v) is 6.32. The summed E-state index contributed by atoms with van der Waals surface area (Å²) in [6.45, 7) is 2.08. The van der Waals surface area contributed by atoms with Gasteiger partial charge in [0.15, 0.2) is 0 Å². The van der Waals surface area contributed by atoms with E-state index in [0.29, 0.717) is 13.0 Å². The minimum Gasteiger partial charge on any atom is -0.464 e. The number of hydrogen-bond donors (Lipinski definition) is 1. The van der Waals surface area contributed by atoms with Crippen molar-refractivity contribution in [2.45, 2.75) is 18.2 Å². The van der Waals surface area contributed by atoms with E-state index in [1.807, 2.05) is 24.3 Å². The molecule has 5 heteroatoms. The highest BCUT2D eigenvalue weighted by Crippen LogP contribution is 2.10. The van der Waals surface area contributed by atoms with Crippen LogP contribution in [0, 0.1) is 0 Å². The Morgan fingerprint density at radius 3 is 3.00 bits per heavy atom. The fraction of sp³-hybridized carbons (Fsp3) is 0.333. The molecule has 0 radical (unpaired) electrons. The molecule has 0 fully saturated rings. The van der Waals surface area contributed by atoms with E-state index >= 15 is 0 Å². The number of H-pyrrole nitrogens is 1. The van der Waals surface area contributed by atoms with E-state index in [2.05, 4.69) is 25.9 Å². The zero-order valence-electron chi connectivity index (χ0n) is 9.44. The summed E-state index contributed by atoms with van der Waals surface area (Å²) < 4.78 is 5.06. The number of fused-ring (bicyclic) bond motifs is 1. The number of alkyl halides is 1. The summed E-state index contributed by atoms with van der Waals surface area (Å²) in [5.74, 6) is 0.585. The molecular formula is C12H13BrN2O2. The standard InChI is InChI=1S/C12H13BrN2O2/c1-8(13)12(16)17-7-6-11-14-9-4-2-3-5-10(9)15-11/h2-5,8H,6-7H2,1H3,(H,14,15). The van der Waals surface area contributed by atoms with Crippen LogP contribution in [0.5, 0.6) is 0 Å². The third-order valence-corrected chi connectivity index (χ3v) is 2.72. The second kappa shape index (κ2) is 5.31. The van der Waals surface area contributed by atoms with Crippen LogP contribution in [-0.4, -0.2) is 27.4 Å². The number of halogens is 1. The van der Waals surface area contributed by atoms with Crippen LogP contribution in [0.4, 0.5) is 0 Å². The Balaban J connectivity index is 1.93. The molecule has 4 nitrogen and oxygen atoms in total. The molecule has 1 heterocycles. The highest BCUT2D eigenvalue weighted by atomic mass is 79.9. The van der Waals surface area contributed by atoms with Crippen LogP contribution in [0.2, 0.25) is 0 Å². The Morgan fingerprint density at radius 2 is 2.29 bits per heavy atom. The lowest BCUT2D eigenvalue weighted by Gasteiger charge is -2.04. The number of esters is 1. The van der Waals surface area contributed by atoms with Crippen LogP contribution in [0.15, 0.2) is 24.3 Å². The van der Waals surface area contributed by atoms with Gasteiger partial charge in [-0.1, -0.05) is 28.1 Å². The van der Waals surface area contributed by atoms with Gasteiger partial charge in [-0.2, -0.15) is 0 Å². The van der Waals surface area contributed by atoms with Crippen LogP contribution in [-0.2, 0) is 16.0 Å². The van der Waals surface area contributed by atoms with Gasteiger partial charge in [0.2, 0.25) is 0 Å². The van der Waals surface area contributed by atoms with E-state index in [0.717, 1.165) is 16.9 Å². The normalized spacial score (nSPS) is 12.6. The summed E-state index contributed by atoms with van der Waals surface area (Å²) in [7, 11) is 0. The lowest BCUT2D eigenvalue weighted by Crippen LogP contribution is -2.15. The maximum atomic E-state index is 11.2. The van der Waals surface area contributed by atoms with Crippen molar-refractivity contribution >= 4 is 32.9 Å². The molecule has 0 saturated heterocycles. The van der Waals surface area contributed by atoms with Crippen LogP contribution >= 0.6 is 15.9 Å². The third-order valence-electron chi connectivity index (χ3n) is 2.35. The van der Waals surface area contributed by atoms with Crippen molar-refractivity contribution in [2.24, 2.45) is 0 Å². The van der Waals surface area contributed by atoms with Gasteiger partial charge in [-0.05, 0) is 19.1 Å². The van der Waals surface area contributed by atoms with Crippen LogP contribution in [0.1, 0.15) is 12.7 Å². The lowest BCUT2D eigenvalue weighted by molar-refractivity contribution is -0.142. The minimum absolute atomic E-state index is 0.249. The van der Waals surface area contributed by atoms with Gasteiger partial charge in [-0.3, -0.25) is 4.79 Å². The molecule has 0 spiro atoms. The van der Waals surface area contributed by atoms with Crippen molar-refractivity contribution in [3.8, 4) is 0 Å². The molecule has 1 N–H and O–H groups in total. The number of carbonyl (C=O) groups is 1. The SMILES string of the molecule is CC(Br)C(=O)OCCc1nc2ccccc2[nH]1. The predicted octanol–water partition coefficient (Wildman–Crippen LogP) is 2.43. The van der Waals surface area contributed by atoms with Crippen LogP contribution < -0.4 is 0 Å². The van der Waals surface area contributed by atoms with E-state index in [1.54, 1.807) is 6.92 Å². The molecule has 0 bridgehead atoms. The topological polar surface area (TPSA) is 55.0 Å². The quantitative estimate of drug-likeness (QED) is 0.696. The van der Waals surface area contributed by atoms with Crippen molar-refractivity contribution in [2.75, 3.05) is 6.61 Å². The number of nitrogens with one attached hydrogen (secondary N) is 1. The third kappa shape index (κ3) is 3.06. The molecule has 90 valence electrons. The zero-order valence-corrected chi connectivity index (χ0v) is 11.0. The van der Waals surface area contributed by atoms with Gasteiger partial charge in [0.25, 0.3) is 0 Å².